The summed E-state index contributed by atoms with van der Waals surface area (Å²) in [6, 6.07) is 3.93. The first-order valence-corrected chi connectivity index (χ1v) is 6.54. The zero-order valence-electron chi connectivity index (χ0n) is 10.2. The lowest BCUT2D eigenvalue weighted by molar-refractivity contribution is 0.547. The summed E-state index contributed by atoms with van der Waals surface area (Å²) in [6.45, 7) is 1.12. The molecule has 0 saturated heterocycles. The van der Waals surface area contributed by atoms with E-state index in [-0.39, 0.29) is 0 Å². The molecule has 0 spiro atoms. The summed E-state index contributed by atoms with van der Waals surface area (Å²) in [4.78, 5) is 6.89. The number of rotatable bonds is 4. The summed E-state index contributed by atoms with van der Waals surface area (Å²) in [6.07, 6.45) is 7.35. The minimum Gasteiger partial charge on any atom is -0.388 e. The molecule has 1 heterocycles. The van der Waals surface area contributed by atoms with Crippen LogP contribution in [0.15, 0.2) is 18.3 Å². The van der Waals surface area contributed by atoms with Crippen LogP contribution in [-0.4, -0.2) is 23.6 Å². The fourth-order valence-electron chi connectivity index (χ4n) is 2.44. The van der Waals surface area contributed by atoms with E-state index in [4.69, 9.17) is 18.0 Å². The minimum absolute atomic E-state index is 0.356. The Balaban J connectivity index is 1.98. The topological polar surface area (TPSA) is 42.1 Å². The number of hydrogen-bond donors (Lipinski definition) is 1. The van der Waals surface area contributed by atoms with Crippen molar-refractivity contribution in [2.45, 2.75) is 25.7 Å². The smallest absolute Gasteiger partial charge is 0.122 e. The number of anilines is 1. The molecule has 3 nitrogen and oxygen atoms in total. The van der Waals surface area contributed by atoms with Crippen LogP contribution in [0.5, 0.6) is 0 Å². The highest BCUT2D eigenvalue weighted by atomic mass is 32.1. The van der Waals surface area contributed by atoms with Crippen LogP contribution >= 0.6 is 12.2 Å². The van der Waals surface area contributed by atoms with Crippen molar-refractivity contribution >= 4 is 22.9 Å². The normalized spacial score (nSPS) is 16.1. The van der Waals surface area contributed by atoms with Crippen molar-refractivity contribution in [1.82, 2.24) is 4.98 Å². The van der Waals surface area contributed by atoms with E-state index in [1.54, 1.807) is 0 Å². The lowest BCUT2D eigenvalue weighted by Gasteiger charge is -2.22. The molecule has 0 atom stereocenters. The van der Waals surface area contributed by atoms with Crippen LogP contribution in [0.3, 0.4) is 0 Å². The van der Waals surface area contributed by atoms with Gasteiger partial charge in [-0.05, 0) is 30.9 Å². The van der Waals surface area contributed by atoms with Gasteiger partial charge in [0, 0.05) is 13.6 Å². The number of hydrogen-bond acceptors (Lipinski definition) is 3. The fraction of sp³-hybridized carbons (Fsp3) is 0.538. The van der Waals surface area contributed by atoms with Crippen LogP contribution in [-0.2, 0) is 0 Å². The number of pyridine rings is 1. The predicted molar refractivity (Wildman–Crippen MR) is 75.4 cm³/mol. The summed E-state index contributed by atoms with van der Waals surface area (Å²) in [5.74, 6) is 0.843. The van der Waals surface area contributed by atoms with Gasteiger partial charge in [0.15, 0.2) is 0 Å². The molecule has 1 aromatic rings. The zero-order valence-corrected chi connectivity index (χ0v) is 11.0. The van der Waals surface area contributed by atoms with E-state index >= 15 is 0 Å². The summed E-state index contributed by atoms with van der Waals surface area (Å²) in [5.41, 5.74) is 7.36. The van der Waals surface area contributed by atoms with Crippen LogP contribution in [0.4, 0.5) is 5.69 Å². The molecule has 1 aliphatic rings. The molecule has 1 aromatic heterocycles. The van der Waals surface area contributed by atoms with Crippen molar-refractivity contribution in [2.75, 3.05) is 18.5 Å². The van der Waals surface area contributed by atoms with E-state index < -0.39 is 0 Å². The standard InChI is InChI=1S/C13H19N3S/c1-16(9-10-4-2-3-5-10)11-6-7-12(13(14)17)15-8-11/h6-8,10H,2-5,9H2,1H3,(H2,14,17). The van der Waals surface area contributed by atoms with E-state index in [1.807, 2.05) is 18.3 Å². The Bertz CT molecular complexity index is 382. The maximum absolute atomic E-state index is 5.53. The van der Waals surface area contributed by atoms with Gasteiger partial charge in [0.05, 0.1) is 17.6 Å². The summed E-state index contributed by atoms with van der Waals surface area (Å²) in [7, 11) is 2.12. The molecule has 4 heteroatoms. The molecule has 0 radical (unpaired) electrons. The van der Waals surface area contributed by atoms with Crippen molar-refractivity contribution < 1.29 is 0 Å². The third-order valence-electron chi connectivity index (χ3n) is 3.45. The third kappa shape index (κ3) is 3.16. The molecule has 0 unspecified atom stereocenters. The van der Waals surface area contributed by atoms with Crippen LogP contribution in [0.2, 0.25) is 0 Å². The van der Waals surface area contributed by atoms with Crippen molar-refractivity contribution in [3.63, 3.8) is 0 Å². The number of aromatic nitrogens is 1. The number of nitrogens with two attached hydrogens (primary N) is 1. The third-order valence-corrected chi connectivity index (χ3v) is 3.66. The average Bonchev–Trinajstić information content (AvgIpc) is 2.82. The molecular weight excluding hydrogens is 230 g/mol. The van der Waals surface area contributed by atoms with Gasteiger partial charge in [-0.15, -0.1) is 0 Å². The largest absolute Gasteiger partial charge is 0.388 e. The molecule has 0 amide bonds. The highest BCUT2D eigenvalue weighted by molar-refractivity contribution is 7.80. The van der Waals surface area contributed by atoms with Crippen LogP contribution in [0.25, 0.3) is 0 Å². The van der Waals surface area contributed by atoms with Crippen molar-refractivity contribution in [3.8, 4) is 0 Å². The summed E-state index contributed by atoms with van der Waals surface area (Å²) >= 11 is 4.89. The molecule has 17 heavy (non-hydrogen) atoms. The van der Waals surface area contributed by atoms with Gasteiger partial charge < -0.3 is 10.6 Å². The first-order chi connectivity index (χ1) is 8.16. The Hall–Kier alpha value is -1.16. The maximum Gasteiger partial charge on any atom is 0.122 e. The molecule has 0 bridgehead atoms. The van der Waals surface area contributed by atoms with E-state index in [9.17, 15) is 0 Å². The summed E-state index contributed by atoms with van der Waals surface area (Å²) in [5, 5.41) is 0. The van der Waals surface area contributed by atoms with Gasteiger partial charge in [-0.2, -0.15) is 0 Å². The van der Waals surface area contributed by atoms with Gasteiger partial charge in [-0.1, -0.05) is 25.1 Å². The van der Waals surface area contributed by atoms with E-state index in [0.29, 0.717) is 10.7 Å². The Morgan fingerprint density at radius 2 is 2.18 bits per heavy atom. The predicted octanol–water partition coefficient (Wildman–Crippen LogP) is 2.34. The average molecular weight is 249 g/mol. The van der Waals surface area contributed by atoms with Crippen molar-refractivity contribution in [1.29, 1.82) is 0 Å². The molecular formula is C13H19N3S. The minimum atomic E-state index is 0.356. The first-order valence-electron chi connectivity index (χ1n) is 6.14. The number of nitrogens with zero attached hydrogens (tertiary/aromatic N) is 2. The molecule has 92 valence electrons. The SMILES string of the molecule is CN(CC1CCCC1)c1ccc(C(N)=S)nc1. The second-order valence-corrected chi connectivity index (χ2v) is 5.24. The van der Waals surface area contributed by atoms with Crippen molar-refractivity contribution in [3.05, 3.63) is 24.0 Å². The Kier molecular flexibility index (Phi) is 3.94. The van der Waals surface area contributed by atoms with Crippen LogP contribution in [0, 0.1) is 5.92 Å². The Morgan fingerprint density at radius 1 is 1.47 bits per heavy atom. The molecule has 0 aliphatic heterocycles. The van der Waals surface area contributed by atoms with Gasteiger partial charge in [-0.25, -0.2) is 0 Å². The molecule has 1 aliphatic carbocycles. The Morgan fingerprint density at radius 3 is 2.71 bits per heavy atom. The fourth-order valence-corrected chi connectivity index (χ4v) is 2.56. The Labute approximate surface area is 108 Å². The van der Waals surface area contributed by atoms with E-state index in [0.717, 1.165) is 18.2 Å². The number of thiocarbonyl (C=S) groups is 1. The summed E-state index contributed by atoms with van der Waals surface area (Å²) < 4.78 is 0. The second-order valence-electron chi connectivity index (χ2n) is 4.80. The van der Waals surface area contributed by atoms with Crippen LogP contribution < -0.4 is 10.6 Å². The monoisotopic (exact) mass is 249 g/mol. The highest BCUT2D eigenvalue weighted by Crippen LogP contribution is 2.26. The molecule has 2 N–H and O–H groups in total. The molecule has 2 rings (SSSR count). The van der Waals surface area contributed by atoms with Gasteiger partial charge in [0.1, 0.15) is 4.99 Å². The maximum atomic E-state index is 5.53. The lowest BCUT2D eigenvalue weighted by atomic mass is 10.1. The zero-order chi connectivity index (χ0) is 12.3. The van der Waals surface area contributed by atoms with Crippen molar-refractivity contribution in [2.24, 2.45) is 11.7 Å². The van der Waals surface area contributed by atoms with Gasteiger partial charge in [0.2, 0.25) is 0 Å². The van der Waals surface area contributed by atoms with E-state index in [1.165, 1.54) is 25.7 Å². The lowest BCUT2D eigenvalue weighted by Crippen LogP contribution is -2.24. The van der Waals surface area contributed by atoms with Gasteiger partial charge in [-0.3, -0.25) is 4.98 Å². The highest BCUT2D eigenvalue weighted by Gasteiger charge is 2.17. The quantitative estimate of drug-likeness (QED) is 0.832. The molecule has 0 aromatic carbocycles. The van der Waals surface area contributed by atoms with Gasteiger partial charge in [0.25, 0.3) is 0 Å². The van der Waals surface area contributed by atoms with Crippen LogP contribution in [0.1, 0.15) is 31.4 Å². The van der Waals surface area contributed by atoms with Gasteiger partial charge >= 0.3 is 0 Å². The first kappa shape index (κ1) is 12.3. The molecule has 1 fully saturated rings. The van der Waals surface area contributed by atoms with E-state index in [2.05, 4.69) is 16.9 Å². The second kappa shape index (κ2) is 5.45. The molecule has 1 saturated carbocycles.